The van der Waals surface area contributed by atoms with E-state index in [1.807, 2.05) is 66.7 Å². The van der Waals surface area contributed by atoms with E-state index in [0.717, 1.165) is 38.8 Å². The van der Waals surface area contributed by atoms with Gasteiger partial charge in [-0.1, -0.05) is 72.3 Å². The molecule has 0 saturated heterocycles. The molecule has 154 valence electrons. The van der Waals surface area contributed by atoms with Gasteiger partial charge < -0.3 is 5.32 Å². The number of carbonyl (C=O) groups is 1. The van der Waals surface area contributed by atoms with Crippen molar-refractivity contribution in [2.45, 2.75) is 0 Å². The fourth-order valence-corrected chi connectivity index (χ4v) is 3.94. The summed E-state index contributed by atoms with van der Waals surface area (Å²) in [5.74, 6) is -0.188. The van der Waals surface area contributed by atoms with E-state index in [-0.39, 0.29) is 5.91 Å². The molecule has 0 radical (unpaired) electrons. The Labute approximate surface area is 191 Å². The highest BCUT2D eigenvalue weighted by Crippen LogP contribution is 2.31. The third-order valence-electron chi connectivity index (χ3n) is 5.39. The molecular weight excluding hydrogens is 416 g/mol. The predicted octanol–water partition coefficient (Wildman–Crippen LogP) is 7.47. The highest BCUT2D eigenvalue weighted by molar-refractivity contribution is 6.33. The zero-order valence-electron chi connectivity index (χ0n) is 17.1. The van der Waals surface area contributed by atoms with Gasteiger partial charge in [0.1, 0.15) is 0 Å². The highest BCUT2D eigenvalue weighted by Gasteiger charge is 2.12. The summed E-state index contributed by atoms with van der Waals surface area (Å²) in [6.45, 7) is 0. The molecule has 0 fully saturated rings. The summed E-state index contributed by atoms with van der Waals surface area (Å²) in [7, 11) is 0. The molecule has 0 saturated carbocycles. The van der Waals surface area contributed by atoms with Crippen LogP contribution < -0.4 is 5.32 Å². The number of halogens is 1. The standard InChI is InChI=1S/C28H19ClN2O/c29-26-14-12-23(28(32)31-24-13-15-27-22(17-24)7-4-16-30-27)18-25(26)21-10-8-20(9-11-21)19-5-2-1-3-6-19/h1-18H,(H,31,32). The lowest BCUT2D eigenvalue weighted by Gasteiger charge is -2.10. The van der Waals surface area contributed by atoms with Gasteiger partial charge in [0.2, 0.25) is 0 Å². The van der Waals surface area contributed by atoms with Gasteiger partial charge in [0, 0.05) is 33.4 Å². The summed E-state index contributed by atoms with van der Waals surface area (Å²) < 4.78 is 0. The van der Waals surface area contributed by atoms with E-state index in [1.165, 1.54) is 0 Å². The first-order valence-electron chi connectivity index (χ1n) is 10.3. The molecule has 3 nitrogen and oxygen atoms in total. The smallest absolute Gasteiger partial charge is 0.255 e. The second-order valence-electron chi connectivity index (χ2n) is 7.50. The third-order valence-corrected chi connectivity index (χ3v) is 5.72. The van der Waals surface area contributed by atoms with Crippen LogP contribution in [0.1, 0.15) is 10.4 Å². The number of anilines is 1. The van der Waals surface area contributed by atoms with Crippen molar-refractivity contribution in [3.05, 3.63) is 120 Å². The first-order valence-corrected chi connectivity index (χ1v) is 10.7. The first kappa shape index (κ1) is 20.0. The van der Waals surface area contributed by atoms with Crippen molar-refractivity contribution in [1.29, 1.82) is 0 Å². The fraction of sp³-hybridized carbons (Fsp3) is 0. The summed E-state index contributed by atoms with van der Waals surface area (Å²) in [6.07, 6.45) is 1.75. The lowest BCUT2D eigenvalue weighted by atomic mass is 9.99. The Morgan fingerprint density at radius 2 is 1.47 bits per heavy atom. The van der Waals surface area contributed by atoms with E-state index in [2.05, 4.69) is 34.6 Å². The second-order valence-corrected chi connectivity index (χ2v) is 7.91. The number of amides is 1. The molecule has 32 heavy (non-hydrogen) atoms. The summed E-state index contributed by atoms with van der Waals surface area (Å²) in [5, 5.41) is 4.54. The molecule has 1 aromatic heterocycles. The molecule has 1 heterocycles. The maximum absolute atomic E-state index is 12.9. The SMILES string of the molecule is O=C(Nc1ccc2ncccc2c1)c1ccc(Cl)c(-c2ccc(-c3ccccc3)cc2)c1. The van der Waals surface area contributed by atoms with E-state index in [0.29, 0.717) is 10.6 Å². The summed E-state index contributed by atoms with van der Waals surface area (Å²) >= 11 is 6.48. The predicted molar refractivity (Wildman–Crippen MR) is 132 cm³/mol. The average Bonchev–Trinajstić information content (AvgIpc) is 2.85. The quantitative estimate of drug-likeness (QED) is 0.318. The highest BCUT2D eigenvalue weighted by atomic mass is 35.5. The average molecular weight is 435 g/mol. The molecule has 4 heteroatoms. The monoisotopic (exact) mass is 434 g/mol. The van der Waals surface area contributed by atoms with Crippen molar-refractivity contribution in [3.8, 4) is 22.3 Å². The van der Waals surface area contributed by atoms with E-state index in [4.69, 9.17) is 11.6 Å². The van der Waals surface area contributed by atoms with Crippen molar-refractivity contribution in [2.75, 3.05) is 5.32 Å². The van der Waals surface area contributed by atoms with Gasteiger partial charge in [0.15, 0.2) is 0 Å². The Bertz CT molecular complexity index is 1410. The molecule has 5 aromatic rings. The van der Waals surface area contributed by atoms with Gasteiger partial charge >= 0.3 is 0 Å². The van der Waals surface area contributed by atoms with Gasteiger partial charge in [-0.15, -0.1) is 0 Å². The molecule has 1 N–H and O–H groups in total. The lowest BCUT2D eigenvalue weighted by Crippen LogP contribution is -2.12. The summed E-state index contributed by atoms with van der Waals surface area (Å²) in [6, 6.07) is 33.2. The number of nitrogens with zero attached hydrogens (tertiary/aromatic N) is 1. The second kappa shape index (κ2) is 8.66. The Kier molecular flexibility index (Phi) is 5.40. The topological polar surface area (TPSA) is 42.0 Å². The van der Waals surface area contributed by atoms with Gasteiger partial charge in [0.25, 0.3) is 5.91 Å². The molecule has 0 atom stereocenters. The van der Waals surface area contributed by atoms with Crippen molar-refractivity contribution < 1.29 is 4.79 Å². The molecule has 5 rings (SSSR count). The van der Waals surface area contributed by atoms with Crippen LogP contribution in [0, 0.1) is 0 Å². The molecule has 0 aliphatic rings. The van der Waals surface area contributed by atoms with Crippen molar-refractivity contribution in [1.82, 2.24) is 4.98 Å². The minimum absolute atomic E-state index is 0.188. The van der Waals surface area contributed by atoms with E-state index in [9.17, 15) is 4.79 Å². The normalized spacial score (nSPS) is 10.8. The Balaban J connectivity index is 1.41. The zero-order valence-corrected chi connectivity index (χ0v) is 17.9. The van der Waals surface area contributed by atoms with Gasteiger partial charge in [0.05, 0.1) is 5.52 Å². The van der Waals surface area contributed by atoms with Crippen LogP contribution in [0.5, 0.6) is 0 Å². The van der Waals surface area contributed by atoms with Crippen LogP contribution in [0.3, 0.4) is 0 Å². The number of nitrogens with one attached hydrogen (secondary N) is 1. The molecule has 1 amide bonds. The molecule has 0 aliphatic heterocycles. The molecule has 0 spiro atoms. The number of hydrogen-bond donors (Lipinski definition) is 1. The van der Waals surface area contributed by atoms with Crippen LogP contribution in [0.25, 0.3) is 33.2 Å². The molecular formula is C28H19ClN2O. The van der Waals surface area contributed by atoms with Crippen molar-refractivity contribution in [3.63, 3.8) is 0 Å². The number of pyridine rings is 1. The third kappa shape index (κ3) is 4.11. The van der Waals surface area contributed by atoms with Crippen molar-refractivity contribution in [2.24, 2.45) is 0 Å². The molecule has 4 aromatic carbocycles. The number of carbonyl (C=O) groups excluding carboxylic acids is 1. The van der Waals surface area contributed by atoms with Crippen LogP contribution in [0.2, 0.25) is 5.02 Å². The van der Waals surface area contributed by atoms with E-state index in [1.54, 1.807) is 18.3 Å². The maximum atomic E-state index is 12.9. The number of aromatic nitrogens is 1. The fourth-order valence-electron chi connectivity index (χ4n) is 3.72. The molecule has 0 aliphatic carbocycles. The van der Waals surface area contributed by atoms with Crippen molar-refractivity contribution >= 4 is 34.1 Å². The van der Waals surface area contributed by atoms with E-state index < -0.39 is 0 Å². The van der Waals surface area contributed by atoms with E-state index >= 15 is 0 Å². The number of benzene rings is 4. The van der Waals surface area contributed by atoms with Crippen LogP contribution in [-0.2, 0) is 0 Å². The minimum atomic E-state index is -0.188. The summed E-state index contributed by atoms with van der Waals surface area (Å²) in [4.78, 5) is 17.2. The van der Waals surface area contributed by atoms with Gasteiger partial charge in [-0.3, -0.25) is 9.78 Å². The molecule has 0 unspecified atom stereocenters. The minimum Gasteiger partial charge on any atom is -0.322 e. The Hall–Kier alpha value is -3.95. The molecule has 0 bridgehead atoms. The number of rotatable bonds is 4. The van der Waals surface area contributed by atoms with Gasteiger partial charge in [-0.05, 0) is 59.2 Å². The van der Waals surface area contributed by atoms with Crippen LogP contribution in [-0.4, -0.2) is 10.9 Å². The lowest BCUT2D eigenvalue weighted by molar-refractivity contribution is 0.102. The number of fused-ring (bicyclic) bond motifs is 1. The van der Waals surface area contributed by atoms with Crippen LogP contribution >= 0.6 is 11.6 Å². The zero-order chi connectivity index (χ0) is 21.9. The number of hydrogen-bond acceptors (Lipinski definition) is 2. The van der Waals surface area contributed by atoms with Gasteiger partial charge in [-0.2, -0.15) is 0 Å². The van der Waals surface area contributed by atoms with Gasteiger partial charge in [-0.25, -0.2) is 0 Å². The Morgan fingerprint density at radius 1 is 0.719 bits per heavy atom. The summed E-state index contributed by atoms with van der Waals surface area (Å²) in [5.41, 5.74) is 6.22. The Morgan fingerprint density at radius 3 is 2.28 bits per heavy atom. The first-order chi connectivity index (χ1) is 15.7. The van der Waals surface area contributed by atoms with Crippen LogP contribution in [0.15, 0.2) is 109 Å². The maximum Gasteiger partial charge on any atom is 0.255 e. The van der Waals surface area contributed by atoms with Crippen LogP contribution in [0.4, 0.5) is 5.69 Å². The largest absolute Gasteiger partial charge is 0.322 e.